The molecule has 0 N–H and O–H groups in total. The van der Waals surface area contributed by atoms with Crippen LogP contribution >= 0.6 is 0 Å². The number of aryl methyl sites for hydroxylation is 2. The molecule has 190 valence electrons. The number of hydrogen-bond donors (Lipinski definition) is 0. The lowest BCUT2D eigenvalue weighted by Gasteiger charge is -2.12. The second-order valence-electron chi connectivity index (χ2n) is 10.3. The largest absolute Gasteiger partial charge is 0.248 e. The molecule has 2 aromatic heterocycles. The summed E-state index contributed by atoms with van der Waals surface area (Å²) in [5, 5.41) is 4.86. The van der Waals surface area contributed by atoms with E-state index in [0.29, 0.717) is 0 Å². The molecule has 40 heavy (non-hydrogen) atoms. The summed E-state index contributed by atoms with van der Waals surface area (Å²) in [5.41, 5.74) is 9.30. The highest BCUT2D eigenvalue weighted by Crippen LogP contribution is 2.33. The Balaban J connectivity index is 1.37. The molecule has 7 aromatic rings. The molecule has 0 bridgehead atoms. The van der Waals surface area contributed by atoms with E-state index in [9.17, 15) is 0 Å². The van der Waals surface area contributed by atoms with Crippen molar-refractivity contribution in [3.8, 4) is 45.0 Å². The molecule has 0 saturated heterocycles. The fraction of sp³-hybridized carbons (Fsp3) is 0.0541. The second-order valence-corrected chi connectivity index (χ2v) is 10.3. The van der Waals surface area contributed by atoms with E-state index in [1.165, 1.54) is 21.5 Å². The van der Waals surface area contributed by atoms with Crippen LogP contribution in [0.5, 0.6) is 0 Å². The van der Waals surface area contributed by atoms with E-state index >= 15 is 0 Å². The highest BCUT2D eigenvalue weighted by Gasteiger charge is 2.11. The summed E-state index contributed by atoms with van der Waals surface area (Å²) in [7, 11) is 0. The summed E-state index contributed by atoms with van der Waals surface area (Å²) in [4.78, 5) is 14.5. The van der Waals surface area contributed by atoms with E-state index in [4.69, 9.17) is 4.98 Å². The minimum absolute atomic E-state index is 0.757. The molecule has 0 aliphatic carbocycles. The highest BCUT2D eigenvalue weighted by atomic mass is 14.9. The molecule has 3 heteroatoms. The number of rotatable bonds is 4. The van der Waals surface area contributed by atoms with Gasteiger partial charge in [0.15, 0.2) is 5.82 Å². The molecule has 2 heterocycles. The predicted octanol–water partition coefficient (Wildman–Crippen LogP) is 9.46. The van der Waals surface area contributed by atoms with Crippen molar-refractivity contribution in [1.29, 1.82) is 0 Å². The van der Waals surface area contributed by atoms with E-state index < -0.39 is 0 Å². The molecule has 0 aliphatic heterocycles. The lowest BCUT2D eigenvalue weighted by molar-refractivity contribution is 1.06. The number of pyridine rings is 1. The van der Waals surface area contributed by atoms with Gasteiger partial charge in [-0.3, -0.25) is 0 Å². The fourth-order valence-electron chi connectivity index (χ4n) is 5.36. The average molecular weight is 514 g/mol. The second kappa shape index (κ2) is 9.87. The van der Waals surface area contributed by atoms with E-state index in [1.54, 1.807) is 0 Å². The van der Waals surface area contributed by atoms with Gasteiger partial charge in [-0.25, -0.2) is 15.0 Å². The number of aromatic nitrogens is 3. The summed E-state index contributed by atoms with van der Waals surface area (Å²) in [6.45, 7) is 4.01. The topological polar surface area (TPSA) is 38.7 Å². The molecular formula is C37H27N3. The Morgan fingerprint density at radius 1 is 0.350 bits per heavy atom. The maximum atomic E-state index is 5.18. The van der Waals surface area contributed by atoms with Gasteiger partial charge >= 0.3 is 0 Å². The molecule has 7 rings (SSSR count). The Morgan fingerprint density at radius 3 is 1.32 bits per heavy atom. The van der Waals surface area contributed by atoms with Gasteiger partial charge in [-0.1, -0.05) is 97.1 Å². The van der Waals surface area contributed by atoms with Crippen molar-refractivity contribution in [2.45, 2.75) is 13.8 Å². The first-order chi connectivity index (χ1) is 19.6. The average Bonchev–Trinajstić information content (AvgIpc) is 3.00. The monoisotopic (exact) mass is 513 g/mol. The lowest BCUT2D eigenvalue weighted by atomic mass is 9.97. The molecule has 0 radical (unpaired) electrons. The number of hydrogen-bond acceptors (Lipinski definition) is 3. The molecule has 0 saturated carbocycles. The van der Waals surface area contributed by atoms with E-state index in [-0.39, 0.29) is 0 Å². The van der Waals surface area contributed by atoms with Crippen molar-refractivity contribution >= 4 is 21.5 Å². The molecule has 0 aliphatic rings. The van der Waals surface area contributed by atoms with Gasteiger partial charge in [0.2, 0.25) is 0 Å². The van der Waals surface area contributed by atoms with Crippen LogP contribution in [0.1, 0.15) is 11.4 Å². The highest BCUT2D eigenvalue weighted by molar-refractivity contribution is 5.90. The van der Waals surface area contributed by atoms with Crippen molar-refractivity contribution in [3.63, 3.8) is 0 Å². The number of fused-ring (bicyclic) bond motifs is 2. The Labute approximate surface area is 233 Å². The van der Waals surface area contributed by atoms with Crippen LogP contribution in [0.4, 0.5) is 0 Å². The Hall–Kier alpha value is -5.15. The number of nitrogens with zero attached hydrogens (tertiary/aromatic N) is 3. The zero-order valence-electron chi connectivity index (χ0n) is 22.5. The van der Waals surface area contributed by atoms with Gasteiger partial charge in [0.25, 0.3) is 0 Å². The van der Waals surface area contributed by atoms with Crippen molar-refractivity contribution in [3.05, 3.63) is 139 Å². The summed E-state index contributed by atoms with van der Waals surface area (Å²) in [5.74, 6) is 0.757. The molecule has 5 aromatic carbocycles. The fourth-order valence-corrected chi connectivity index (χ4v) is 5.36. The summed E-state index contributed by atoms with van der Waals surface area (Å²) in [6.07, 6.45) is 0. The SMILES string of the molecule is Cc1cc(C)nc(-c2ccc(-c3cc(-c4ccc5ccccc5c4)nc(-c4ccc5ccccc5c4)c3)cc2)n1. The third-order valence-electron chi connectivity index (χ3n) is 7.37. The smallest absolute Gasteiger partial charge is 0.159 e. The van der Waals surface area contributed by atoms with Crippen molar-refractivity contribution in [2.24, 2.45) is 0 Å². The van der Waals surface area contributed by atoms with Crippen LogP contribution in [0, 0.1) is 13.8 Å². The molecular weight excluding hydrogens is 486 g/mol. The minimum Gasteiger partial charge on any atom is -0.248 e. The zero-order valence-corrected chi connectivity index (χ0v) is 22.5. The van der Waals surface area contributed by atoms with E-state index in [2.05, 4.69) is 131 Å². The normalized spacial score (nSPS) is 11.2. The van der Waals surface area contributed by atoms with Crippen LogP contribution in [-0.2, 0) is 0 Å². The van der Waals surface area contributed by atoms with Crippen molar-refractivity contribution < 1.29 is 0 Å². The van der Waals surface area contributed by atoms with E-state index in [1.807, 2.05) is 19.9 Å². The molecule has 0 atom stereocenters. The molecule has 0 spiro atoms. The number of benzene rings is 5. The Kier molecular flexibility index (Phi) is 5.90. The van der Waals surface area contributed by atoms with Crippen LogP contribution in [0.25, 0.3) is 66.6 Å². The van der Waals surface area contributed by atoms with Crippen LogP contribution in [0.2, 0.25) is 0 Å². The van der Waals surface area contributed by atoms with Crippen LogP contribution in [0.15, 0.2) is 127 Å². The molecule has 0 fully saturated rings. The van der Waals surface area contributed by atoms with Gasteiger partial charge < -0.3 is 0 Å². The van der Waals surface area contributed by atoms with Gasteiger partial charge in [-0.15, -0.1) is 0 Å². The van der Waals surface area contributed by atoms with Crippen LogP contribution in [-0.4, -0.2) is 15.0 Å². The van der Waals surface area contributed by atoms with Crippen molar-refractivity contribution in [2.75, 3.05) is 0 Å². The first-order valence-electron chi connectivity index (χ1n) is 13.5. The van der Waals surface area contributed by atoms with Gasteiger partial charge in [0, 0.05) is 28.1 Å². The summed E-state index contributed by atoms with van der Waals surface area (Å²) >= 11 is 0. The lowest BCUT2D eigenvalue weighted by Crippen LogP contribution is -1.94. The van der Waals surface area contributed by atoms with Gasteiger partial charge in [-0.2, -0.15) is 0 Å². The molecule has 0 unspecified atom stereocenters. The molecule has 3 nitrogen and oxygen atoms in total. The summed E-state index contributed by atoms with van der Waals surface area (Å²) in [6, 6.07) is 44.9. The van der Waals surface area contributed by atoms with Crippen LogP contribution in [0.3, 0.4) is 0 Å². The van der Waals surface area contributed by atoms with E-state index in [0.717, 1.165) is 56.4 Å². The molecule has 0 amide bonds. The van der Waals surface area contributed by atoms with Crippen LogP contribution < -0.4 is 0 Å². The predicted molar refractivity (Wildman–Crippen MR) is 166 cm³/mol. The first kappa shape index (κ1) is 23.9. The minimum atomic E-state index is 0.757. The Morgan fingerprint density at radius 2 is 0.800 bits per heavy atom. The quantitative estimate of drug-likeness (QED) is 0.235. The third-order valence-corrected chi connectivity index (χ3v) is 7.37. The Bertz CT molecular complexity index is 1910. The zero-order chi connectivity index (χ0) is 27.1. The maximum Gasteiger partial charge on any atom is 0.159 e. The van der Waals surface area contributed by atoms with Gasteiger partial charge in [0.1, 0.15) is 0 Å². The van der Waals surface area contributed by atoms with Crippen molar-refractivity contribution in [1.82, 2.24) is 15.0 Å². The standard InChI is InChI=1S/C37H27N3/c1-24-19-25(2)39-37(38-24)29-15-11-28(12-16-29)34-22-35(32-17-13-26-7-3-5-9-30(26)20-32)40-36(23-34)33-18-14-27-8-4-6-10-31(27)21-33/h3-23H,1-2H3. The first-order valence-corrected chi connectivity index (χ1v) is 13.5. The van der Waals surface area contributed by atoms with Gasteiger partial charge in [0.05, 0.1) is 11.4 Å². The third kappa shape index (κ3) is 4.63. The van der Waals surface area contributed by atoms with Gasteiger partial charge in [-0.05, 0) is 76.9 Å². The maximum absolute atomic E-state index is 5.18. The summed E-state index contributed by atoms with van der Waals surface area (Å²) < 4.78 is 0.